The van der Waals surface area contributed by atoms with Gasteiger partial charge in [0.2, 0.25) is 0 Å². The van der Waals surface area contributed by atoms with Gasteiger partial charge in [-0.3, -0.25) is 0 Å². The predicted molar refractivity (Wildman–Crippen MR) is 48.6 cm³/mol. The Balaban J connectivity index is 2.71. The molecular formula is C9H18O5. The summed E-state index contributed by atoms with van der Waals surface area (Å²) in [5.74, 6) is -0.280. The maximum Gasteiger partial charge on any atom is 0.109 e. The first-order valence-corrected chi connectivity index (χ1v) is 4.89. The molecule has 0 aromatic carbocycles. The zero-order valence-electron chi connectivity index (χ0n) is 8.21. The summed E-state index contributed by atoms with van der Waals surface area (Å²) < 4.78 is 5.26. The van der Waals surface area contributed by atoms with Crippen LogP contribution in [0.5, 0.6) is 0 Å². The number of aliphatic hydroxyl groups excluding tert-OH is 4. The van der Waals surface area contributed by atoms with Crippen molar-refractivity contribution < 1.29 is 25.2 Å². The monoisotopic (exact) mass is 206 g/mol. The van der Waals surface area contributed by atoms with Crippen molar-refractivity contribution in [1.29, 1.82) is 0 Å². The standard InChI is InChI=1S/C9H18O5/c1-2-5-6(3-10)14-7(4-11)9(13)8(5)12/h5-13H,2-4H2,1H3/t5-,6?,7+,8-,9?/m1/s1. The van der Waals surface area contributed by atoms with Gasteiger partial charge in [0.1, 0.15) is 12.2 Å². The molecule has 0 aliphatic carbocycles. The fourth-order valence-corrected chi connectivity index (χ4v) is 1.93. The highest BCUT2D eigenvalue weighted by Crippen LogP contribution is 2.28. The fourth-order valence-electron chi connectivity index (χ4n) is 1.93. The van der Waals surface area contributed by atoms with Gasteiger partial charge >= 0.3 is 0 Å². The summed E-state index contributed by atoms with van der Waals surface area (Å²) in [6, 6.07) is 0. The molecule has 1 aliphatic heterocycles. The first kappa shape index (κ1) is 11.9. The van der Waals surface area contributed by atoms with E-state index in [9.17, 15) is 10.2 Å². The number of hydrogen-bond acceptors (Lipinski definition) is 5. The van der Waals surface area contributed by atoms with Crippen LogP contribution in [-0.4, -0.2) is 58.1 Å². The molecule has 0 bridgehead atoms. The van der Waals surface area contributed by atoms with Crippen LogP contribution in [0.15, 0.2) is 0 Å². The lowest BCUT2D eigenvalue weighted by Gasteiger charge is -2.41. The van der Waals surface area contributed by atoms with Gasteiger partial charge in [-0.05, 0) is 6.42 Å². The third-order valence-electron chi connectivity index (χ3n) is 2.83. The zero-order chi connectivity index (χ0) is 10.7. The number of rotatable bonds is 3. The molecule has 1 rings (SSSR count). The summed E-state index contributed by atoms with van der Waals surface area (Å²) in [5.41, 5.74) is 0. The van der Waals surface area contributed by atoms with E-state index >= 15 is 0 Å². The van der Waals surface area contributed by atoms with Crippen LogP contribution < -0.4 is 0 Å². The lowest BCUT2D eigenvalue weighted by molar-refractivity contribution is -0.216. The highest BCUT2D eigenvalue weighted by Gasteiger charge is 2.42. The minimum atomic E-state index is -1.08. The van der Waals surface area contributed by atoms with Gasteiger partial charge in [-0.2, -0.15) is 0 Å². The van der Waals surface area contributed by atoms with E-state index in [0.29, 0.717) is 6.42 Å². The van der Waals surface area contributed by atoms with Crippen molar-refractivity contribution in [2.45, 2.75) is 37.8 Å². The van der Waals surface area contributed by atoms with E-state index in [0.717, 1.165) is 0 Å². The van der Waals surface area contributed by atoms with Gasteiger partial charge < -0.3 is 25.2 Å². The second-order valence-electron chi connectivity index (χ2n) is 3.63. The fraction of sp³-hybridized carbons (Fsp3) is 1.00. The van der Waals surface area contributed by atoms with Gasteiger partial charge in [0.25, 0.3) is 0 Å². The van der Waals surface area contributed by atoms with Crippen molar-refractivity contribution in [2.24, 2.45) is 5.92 Å². The SMILES string of the molecule is CC[C@@H]1C(CO)O[C@@H](CO)C(O)[C@@H]1O. The van der Waals surface area contributed by atoms with Gasteiger partial charge in [0.05, 0.1) is 25.4 Å². The molecule has 0 radical (unpaired) electrons. The largest absolute Gasteiger partial charge is 0.394 e. The molecule has 1 saturated heterocycles. The number of hydrogen-bond donors (Lipinski definition) is 4. The van der Waals surface area contributed by atoms with Crippen molar-refractivity contribution in [3.05, 3.63) is 0 Å². The molecule has 84 valence electrons. The molecule has 1 fully saturated rings. The smallest absolute Gasteiger partial charge is 0.109 e. The Morgan fingerprint density at radius 3 is 2.00 bits per heavy atom. The topological polar surface area (TPSA) is 90.2 Å². The molecule has 4 N–H and O–H groups in total. The Morgan fingerprint density at radius 2 is 1.57 bits per heavy atom. The van der Waals surface area contributed by atoms with Crippen molar-refractivity contribution >= 4 is 0 Å². The van der Waals surface area contributed by atoms with E-state index in [4.69, 9.17) is 14.9 Å². The molecule has 0 saturated carbocycles. The number of ether oxygens (including phenoxy) is 1. The van der Waals surface area contributed by atoms with E-state index < -0.39 is 24.4 Å². The molecule has 1 heterocycles. The maximum atomic E-state index is 9.69. The summed E-state index contributed by atoms with van der Waals surface area (Å²) in [4.78, 5) is 0. The molecule has 5 nitrogen and oxygen atoms in total. The van der Waals surface area contributed by atoms with E-state index in [1.807, 2.05) is 6.92 Å². The van der Waals surface area contributed by atoms with Gasteiger partial charge in [-0.25, -0.2) is 0 Å². The van der Waals surface area contributed by atoms with E-state index in [-0.39, 0.29) is 19.1 Å². The third kappa shape index (κ3) is 2.07. The Morgan fingerprint density at radius 1 is 1.00 bits per heavy atom. The molecule has 5 atom stereocenters. The quantitative estimate of drug-likeness (QED) is 0.450. The van der Waals surface area contributed by atoms with Crippen molar-refractivity contribution in [1.82, 2.24) is 0 Å². The van der Waals surface area contributed by atoms with Crippen LogP contribution in [0.25, 0.3) is 0 Å². The Labute approximate surface area is 82.9 Å². The molecular weight excluding hydrogens is 188 g/mol. The van der Waals surface area contributed by atoms with Gasteiger partial charge in [0, 0.05) is 5.92 Å². The average Bonchev–Trinajstić information content (AvgIpc) is 2.21. The molecule has 0 amide bonds. The van der Waals surface area contributed by atoms with E-state index in [1.54, 1.807) is 0 Å². The number of aliphatic hydroxyl groups is 4. The molecule has 0 spiro atoms. The minimum Gasteiger partial charge on any atom is -0.394 e. The Bertz CT molecular complexity index is 173. The summed E-state index contributed by atoms with van der Waals surface area (Å²) in [7, 11) is 0. The van der Waals surface area contributed by atoms with Crippen molar-refractivity contribution in [2.75, 3.05) is 13.2 Å². The summed E-state index contributed by atoms with van der Waals surface area (Å²) in [6.07, 6.45) is -2.71. The second kappa shape index (κ2) is 5.04. The van der Waals surface area contributed by atoms with Crippen molar-refractivity contribution in [3.63, 3.8) is 0 Å². The van der Waals surface area contributed by atoms with Crippen LogP contribution in [0, 0.1) is 5.92 Å². The Kier molecular flexibility index (Phi) is 4.28. The zero-order valence-corrected chi connectivity index (χ0v) is 8.21. The van der Waals surface area contributed by atoms with Crippen molar-refractivity contribution in [3.8, 4) is 0 Å². The summed E-state index contributed by atoms with van der Waals surface area (Å²) in [5, 5.41) is 37.1. The molecule has 0 aromatic heterocycles. The normalized spacial score (nSPS) is 43.9. The first-order chi connectivity index (χ1) is 6.65. The lowest BCUT2D eigenvalue weighted by atomic mass is 9.85. The van der Waals surface area contributed by atoms with Crippen LogP contribution in [0.4, 0.5) is 0 Å². The second-order valence-corrected chi connectivity index (χ2v) is 3.63. The third-order valence-corrected chi connectivity index (χ3v) is 2.83. The van der Waals surface area contributed by atoms with Crippen LogP contribution in [0.3, 0.4) is 0 Å². The molecule has 2 unspecified atom stereocenters. The summed E-state index contributed by atoms with van der Waals surface area (Å²) in [6.45, 7) is 1.29. The predicted octanol–water partition coefficient (Wildman–Crippen LogP) is -1.51. The maximum absolute atomic E-state index is 9.69. The summed E-state index contributed by atoms with van der Waals surface area (Å²) >= 11 is 0. The Hall–Kier alpha value is -0.200. The van der Waals surface area contributed by atoms with E-state index in [2.05, 4.69) is 0 Å². The van der Waals surface area contributed by atoms with Gasteiger partial charge in [-0.15, -0.1) is 0 Å². The van der Waals surface area contributed by atoms with Crippen LogP contribution >= 0.6 is 0 Å². The minimum absolute atomic E-state index is 0.210. The van der Waals surface area contributed by atoms with Crippen LogP contribution in [0.2, 0.25) is 0 Å². The molecule has 14 heavy (non-hydrogen) atoms. The highest BCUT2D eigenvalue weighted by atomic mass is 16.5. The van der Waals surface area contributed by atoms with Gasteiger partial charge in [-0.1, -0.05) is 6.92 Å². The highest BCUT2D eigenvalue weighted by molar-refractivity contribution is 4.90. The first-order valence-electron chi connectivity index (χ1n) is 4.89. The van der Waals surface area contributed by atoms with Crippen LogP contribution in [-0.2, 0) is 4.74 Å². The molecule has 1 aliphatic rings. The lowest BCUT2D eigenvalue weighted by Crippen LogP contribution is -2.56. The van der Waals surface area contributed by atoms with Crippen LogP contribution in [0.1, 0.15) is 13.3 Å². The van der Waals surface area contributed by atoms with Gasteiger partial charge in [0.15, 0.2) is 0 Å². The molecule has 0 aromatic rings. The average molecular weight is 206 g/mol. The van der Waals surface area contributed by atoms with E-state index in [1.165, 1.54) is 0 Å². The molecule has 5 heteroatoms.